The topological polar surface area (TPSA) is 70.7 Å². The average Bonchev–Trinajstić information content (AvgIpc) is 2.83. The largest absolute Gasteiger partial charge is 0.375 e. The van der Waals surface area contributed by atoms with Crippen LogP contribution in [0.1, 0.15) is 48.5 Å². The molecule has 2 heterocycles. The van der Waals surface area contributed by atoms with Gasteiger partial charge in [-0.25, -0.2) is 9.18 Å². The number of hydrogen-bond donors (Lipinski definition) is 2. The van der Waals surface area contributed by atoms with Crippen LogP contribution in [0.2, 0.25) is 0 Å². The Kier molecular flexibility index (Phi) is 8.29. The number of anilines is 1. The van der Waals surface area contributed by atoms with Gasteiger partial charge in [-0.1, -0.05) is 24.3 Å². The van der Waals surface area contributed by atoms with Gasteiger partial charge in [-0.3, -0.25) is 4.79 Å². The lowest BCUT2D eigenvalue weighted by atomic mass is 9.89. The van der Waals surface area contributed by atoms with Crippen molar-refractivity contribution < 1.29 is 18.7 Å². The highest BCUT2D eigenvalue weighted by molar-refractivity contribution is 5.96. The first-order valence-corrected chi connectivity index (χ1v) is 12.2. The van der Waals surface area contributed by atoms with Crippen molar-refractivity contribution in [3.8, 4) is 0 Å². The predicted molar refractivity (Wildman–Crippen MR) is 131 cm³/mol. The number of nitrogens with one attached hydrogen (secondary N) is 2. The normalized spacial score (nSPS) is 21.7. The Bertz CT molecular complexity index is 973. The van der Waals surface area contributed by atoms with Crippen LogP contribution in [-0.2, 0) is 11.2 Å². The zero-order valence-electron chi connectivity index (χ0n) is 19.8. The second-order valence-corrected chi connectivity index (χ2v) is 9.47. The molecule has 4 rings (SSSR count). The monoisotopic (exact) mass is 467 g/mol. The van der Waals surface area contributed by atoms with E-state index in [2.05, 4.69) is 15.5 Å². The quantitative estimate of drug-likeness (QED) is 0.582. The Labute approximate surface area is 200 Å². The van der Waals surface area contributed by atoms with Gasteiger partial charge in [0.1, 0.15) is 5.82 Å². The fourth-order valence-electron chi connectivity index (χ4n) is 4.92. The lowest BCUT2D eigenvalue weighted by Gasteiger charge is -2.38. The molecule has 6 nitrogen and oxygen atoms in total. The summed E-state index contributed by atoms with van der Waals surface area (Å²) < 4.78 is 19.2. The van der Waals surface area contributed by atoms with E-state index in [-0.39, 0.29) is 29.8 Å². The van der Waals surface area contributed by atoms with Gasteiger partial charge in [-0.05, 0) is 87.9 Å². The summed E-state index contributed by atoms with van der Waals surface area (Å²) in [5.41, 5.74) is 2.36. The third kappa shape index (κ3) is 6.87. The van der Waals surface area contributed by atoms with Crippen LogP contribution in [0.5, 0.6) is 0 Å². The van der Waals surface area contributed by atoms with E-state index in [1.165, 1.54) is 24.6 Å². The number of rotatable bonds is 7. The first kappa shape index (κ1) is 24.4. The summed E-state index contributed by atoms with van der Waals surface area (Å²) in [7, 11) is 0. The molecule has 2 aliphatic rings. The Balaban J connectivity index is 1.25. The average molecular weight is 468 g/mol. The van der Waals surface area contributed by atoms with Crippen LogP contribution in [0.4, 0.5) is 14.9 Å². The molecule has 0 aliphatic carbocycles. The van der Waals surface area contributed by atoms with Crippen LogP contribution < -0.4 is 10.6 Å². The molecule has 2 aliphatic heterocycles. The van der Waals surface area contributed by atoms with Crippen molar-refractivity contribution in [2.24, 2.45) is 5.92 Å². The maximum absolute atomic E-state index is 13.1. The number of ether oxygens (including phenoxy) is 1. The zero-order chi connectivity index (χ0) is 23.9. The summed E-state index contributed by atoms with van der Waals surface area (Å²) in [5, 5.41) is 5.93. The molecular weight excluding hydrogens is 433 g/mol. The van der Waals surface area contributed by atoms with Gasteiger partial charge in [0.05, 0.1) is 12.1 Å². The van der Waals surface area contributed by atoms with Crippen molar-refractivity contribution >= 4 is 17.5 Å². The minimum Gasteiger partial charge on any atom is -0.375 e. The van der Waals surface area contributed by atoms with Gasteiger partial charge in [-0.15, -0.1) is 0 Å². The molecule has 2 aromatic carbocycles. The highest BCUT2D eigenvalue weighted by atomic mass is 19.1. The molecule has 2 aromatic rings. The van der Waals surface area contributed by atoms with Gasteiger partial charge < -0.3 is 20.3 Å². The Hall–Kier alpha value is -2.77. The van der Waals surface area contributed by atoms with Crippen LogP contribution >= 0.6 is 0 Å². The van der Waals surface area contributed by atoms with Crippen LogP contribution in [0.25, 0.3) is 0 Å². The van der Waals surface area contributed by atoms with Crippen molar-refractivity contribution in [2.45, 2.75) is 51.2 Å². The van der Waals surface area contributed by atoms with Crippen LogP contribution in [0, 0.1) is 11.7 Å². The van der Waals surface area contributed by atoms with E-state index in [0.717, 1.165) is 51.7 Å². The number of benzene rings is 2. The number of halogens is 1. The first-order valence-electron chi connectivity index (χ1n) is 12.2. The SMILES string of the molecule is CC(=O)c1cccc(NC(=O)N[C@@H]2CCCO[C@@H]2CN2CCC(Cc3ccc(F)cc3)CC2)c1. The Morgan fingerprint density at radius 2 is 1.85 bits per heavy atom. The summed E-state index contributed by atoms with van der Waals surface area (Å²) in [6.07, 6.45) is 4.96. The second kappa shape index (κ2) is 11.6. The van der Waals surface area contributed by atoms with Gasteiger partial charge in [0, 0.05) is 24.4 Å². The highest BCUT2D eigenvalue weighted by Crippen LogP contribution is 2.24. The summed E-state index contributed by atoms with van der Waals surface area (Å²) in [4.78, 5) is 26.7. The second-order valence-electron chi connectivity index (χ2n) is 9.47. The van der Waals surface area contributed by atoms with E-state index in [0.29, 0.717) is 23.8 Å². The molecule has 0 unspecified atom stereocenters. The molecule has 2 saturated heterocycles. The summed E-state index contributed by atoms with van der Waals surface area (Å²) in [6, 6.07) is 13.5. The summed E-state index contributed by atoms with van der Waals surface area (Å²) in [6.45, 7) is 5.03. The van der Waals surface area contributed by atoms with Crippen LogP contribution in [-0.4, -0.2) is 55.1 Å². The lowest BCUT2D eigenvalue weighted by Crippen LogP contribution is -2.53. The number of hydrogen-bond acceptors (Lipinski definition) is 4. The molecule has 0 radical (unpaired) electrons. The highest BCUT2D eigenvalue weighted by Gasteiger charge is 2.30. The summed E-state index contributed by atoms with van der Waals surface area (Å²) >= 11 is 0. The smallest absolute Gasteiger partial charge is 0.319 e. The molecular formula is C27H34FN3O3. The minimum atomic E-state index is -0.279. The van der Waals surface area contributed by atoms with Crippen LogP contribution in [0.3, 0.4) is 0 Å². The van der Waals surface area contributed by atoms with Crippen molar-refractivity contribution in [1.82, 2.24) is 10.2 Å². The van der Waals surface area contributed by atoms with Crippen molar-refractivity contribution in [2.75, 3.05) is 31.6 Å². The van der Waals surface area contributed by atoms with Crippen LogP contribution in [0.15, 0.2) is 48.5 Å². The number of likely N-dealkylation sites (tertiary alicyclic amines) is 1. The number of carbonyl (C=O) groups is 2. The van der Waals surface area contributed by atoms with E-state index < -0.39 is 0 Å². The third-order valence-corrected chi connectivity index (χ3v) is 6.87. The number of carbonyl (C=O) groups excluding carboxylic acids is 2. The van der Waals surface area contributed by atoms with E-state index in [1.807, 2.05) is 12.1 Å². The molecule has 0 aromatic heterocycles. The molecule has 7 heteroatoms. The van der Waals surface area contributed by atoms with E-state index in [9.17, 15) is 14.0 Å². The number of piperidine rings is 1. The van der Waals surface area contributed by atoms with Crippen molar-refractivity contribution in [3.05, 3.63) is 65.5 Å². The molecule has 2 fully saturated rings. The molecule has 0 bridgehead atoms. The van der Waals surface area contributed by atoms with E-state index in [4.69, 9.17) is 4.74 Å². The molecule has 2 amide bonds. The first-order chi connectivity index (χ1) is 16.5. The van der Waals surface area contributed by atoms with Crippen molar-refractivity contribution in [3.63, 3.8) is 0 Å². The molecule has 182 valence electrons. The minimum absolute atomic E-state index is 0.0359. The Morgan fingerprint density at radius 1 is 1.09 bits per heavy atom. The maximum Gasteiger partial charge on any atom is 0.319 e. The van der Waals surface area contributed by atoms with Gasteiger partial charge in [0.25, 0.3) is 0 Å². The number of nitrogens with zero attached hydrogens (tertiary/aromatic N) is 1. The molecule has 34 heavy (non-hydrogen) atoms. The van der Waals surface area contributed by atoms with E-state index in [1.54, 1.807) is 24.3 Å². The number of Topliss-reactive ketones (excluding diaryl/α,β-unsaturated/α-hetero) is 1. The summed E-state index contributed by atoms with van der Waals surface area (Å²) in [5.74, 6) is 0.387. The van der Waals surface area contributed by atoms with Crippen molar-refractivity contribution in [1.29, 1.82) is 0 Å². The van der Waals surface area contributed by atoms with E-state index >= 15 is 0 Å². The number of amides is 2. The van der Waals surface area contributed by atoms with Gasteiger partial charge in [0.15, 0.2) is 5.78 Å². The fourth-order valence-corrected chi connectivity index (χ4v) is 4.92. The third-order valence-electron chi connectivity index (χ3n) is 6.87. The van der Waals surface area contributed by atoms with Gasteiger partial charge in [-0.2, -0.15) is 0 Å². The molecule has 2 atom stereocenters. The number of urea groups is 1. The lowest BCUT2D eigenvalue weighted by molar-refractivity contribution is -0.0293. The maximum atomic E-state index is 13.1. The molecule has 2 N–H and O–H groups in total. The van der Waals surface area contributed by atoms with Gasteiger partial charge >= 0.3 is 6.03 Å². The van der Waals surface area contributed by atoms with Gasteiger partial charge in [0.2, 0.25) is 0 Å². The molecule has 0 spiro atoms. The number of ketones is 1. The predicted octanol–water partition coefficient (Wildman–Crippen LogP) is 4.65. The molecule has 0 saturated carbocycles. The fraction of sp³-hybridized carbons (Fsp3) is 0.481. The zero-order valence-corrected chi connectivity index (χ0v) is 19.8. The standard InChI is InChI=1S/C27H34FN3O3/c1-19(32)22-4-2-5-24(17-22)29-27(33)30-25-6-3-15-34-26(25)18-31-13-11-21(12-14-31)16-20-7-9-23(28)10-8-20/h2,4-5,7-10,17,21,25-26H,3,6,11-16,18H2,1H3,(H2,29,30,33)/t25-,26-/m1/s1. The Morgan fingerprint density at radius 3 is 2.59 bits per heavy atom.